The van der Waals surface area contributed by atoms with E-state index in [4.69, 9.17) is 0 Å². The number of nitrogens with zero attached hydrogens (tertiary/aromatic N) is 1. The summed E-state index contributed by atoms with van der Waals surface area (Å²) in [6.07, 6.45) is 0.366. The van der Waals surface area contributed by atoms with Crippen LogP contribution in [0.15, 0.2) is 10.9 Å². The summed E-state index contributed by atoms with van der Waals surface area (Å²) in [5.74, 6) is 0. The SMILES string of the molecule is COC(=O)N1CCNC(Cc2cc(=O)[nH][nH]2)C1. The van der Waals surface area contributed by atoms with Gasteiger partial charge in [-0.15, -0.1) is 0 Å². The molecule has 0 aromatic carbocycles. The van der Waals surface area contributed by atoms with Gasteiger partial charge in [0.05, 0.1) is 7.11 Å². The Bertz CT molecular complexity index is 439. The van der Waals surface area contributed by atoms with E-state index in [0.29, 0.717) is 19.5 Å². The van der Waals surface area contributed by atoms with E-state index >= 15 is 0 Å². The molecule has 1 aliphatic heterocycles. The number of methoxy groups -OCH3 is 1. The standard InChI is InChI=1S/C10H16N4O3/c1-17-10(16)14-3-2-11-8(6-14)4-7-5-9(15)13-12-7/h5,8,11H,2-4,6H2,1H3,(H2,12,13,15). The summed E-state index contributed by atoms with van der Waals surface area (Å²) in [6.45, 7) is 1.96. The zero-order valence-corrected chi connectivity index (χ0v) is 9.66. The molecule has 0 radical (unpaired) electrons. The van der Waals surface area contributed by atoms with Crippen LogP contribution in [0.1, 0.15) is 5.69 Å². The summed E-state index contributed by atoms with van der Waals surface area (Å²) in [4.78, 5) is 24.0. The van der Waals surface area contributed by atoms with Gasteiger partial charge < -0.3 is 20.1 Å². The smallest absolute Gasteiger partial charge is 0.409 e. The van der Waals surface area contributed by atoms with Crippen molar-refractivity contribution < 1.29 is 9.53 Å². The number of hydrogen-bond donors (Lipinski definition) is 3. The maximum atomic E-state index is 11.4. The van der Waals surface area contributed by atoms with Crippen LogP contribution in [0.4, 0.5) is 4.79 Å². The van der Waals surface area contributed by atoms with Crippen LogP contribution in [0.5, 0.6) is 0 Å². The molecule has 7 nitrogen and oxygen atoms in total. The Balaban J connectivity index is 1.93. The fourth-order valence-corrected chi connectivity index (χ4v) is 2.00. The Morgan fingerprint density at radius 3 is 3.06 bits per heavy atom. The van der Waals surface area contributed by atoms with Crippen molar-refractivity contribution in [3.05, 3.63) is 22.1 Å². The highest BCUT2D eigenvalue weighted by Crippen LogP contribution is 2.05. The number of amides is 1. The topological polar surface area (TPSA) is 90.2 Å². The average Bonchev–Trinajstić information content (AvgIpc) is 2.74. The molecule has 17 heavy (non-hydrogen) atoms. The molecule has 0 spiro atoms. The van der Waals surface area contributed by atoms with Crippen LogP contribution in [-0.2, 0) is 11.2 Å². The van der Waals surface area contributed by atoms with Crippen molar-refractivity contribution in [2.45, 2.75) is 12.5 Å². The Hall–Kier alpha value is -1.76. The number of aromatic amines is 2. The number of aromatic nitrogens is 2. The first-order valence-electron chi connectivity index (χ1n) is 5.52. The Labute approximate surface area is 98.1 Å². The lowest BCUT2D eigenvalue weighted by molar-refractivity contribution is 0.109. The maximum Gasteiger partial charge on any atom is 0.409 e. The number of carbonyl (C=O) groups excluding carboxylic acids is 1. The highest BCUT2D eigenvalue weighted by molar-refractivity contribution is 5.67. The monoisotopic (exact) mass is 240 g/mol. The first-order chi connectivity index (χ1) is 8.19. The van der Waals surface area contributed by atoms with Gasteiger partial charge in [-0.25, -0.2) is 4.79 Å². The normalized spacial score (nSPS) is 20.3. The second kappa shape index (κ2) is 5.05. The van der Waals surface area contributed by atoms with E-state index in [0.717, 1.165) is 12.2 Å². The molecule has 1 saturated heterocycles. The molecule has 1 amide bonds. The molecule has 1 aromatic heterocycles. The number of rotatable bonds is 2. The molecule has 1 aliphatic rings. The molecule has 7 heteroatoms. The second-order valence-electron chi connectivity index (χ2n) is 4.06. The summed E-state index contributed by atoms with van der Waals surface area (Å²) in [5.41, 5.74) is 0.694. The molecular weight excluding hydrogens is 224 g/mol. The predicted octanol–water partition coefficient (Wildman–Crippen LogP) is -0.714. The molecule has 0 aliphatic carbocycles. The van der Waals surface area contributed by atoms with Gasteiger partial charge in [-0.2, -0.15) is 0 Å². The average molecular weight is 240 g/mol. The number of carbonyl (C=O) groups is 1. The summed E-state index contributed by atoms with van der Waals surface area (Å²) in [5, 5.41) is 8.59. The van der Waals surface area contributed by atoms with E-state index in [-0.39, 0.29) is 17.7 Å². The zero-order valence-electron chi connectivity index (χ0n) is 9.66. The second-order valence-corrected chi connectivity index (χ2v) is 4.06. The lowest BCUT2D eigenvalue weighted by Crippen LogP contribution is -2.53. The first kappa shape index (κ1) is 11.7. The summed E-state index contributed by atoms with van der Waals surface area (Å²) in [7, 11) is 1.38. The third kappa shape index (κ3) is 2.88. The van der Waals surface area contributed by atoms with Gasteiger partial charge in [-0.1, -0.05) is 0 Å². The number of piperazine rings is 1. The highest BCUT2D eigenvalue weighted by Gasteiger charge is 2.23. The van der Waals surface area contributed by atoms with Gasteiger partial charge in [-0.05, 0) is 0 Å². The summed E-state index contributed by atoms with van der Waals surface area (Å²) >= 11 is 0. The van der Waals surface area contributed by atoms with Crippen molar-refractivity contribution in [3.63, 3.8) is 0 Å². The van der Waals surface area contributed by atoms with Crippen LogP contribution in [-0.4, -0.2) is 54.0 Å². The lowest BCUT2D eigenvalue weighted by Gasteiger charge is -2.32. The van der Waals surface area contributed by atoms with E-state index in [9.17, 15) is 9.59 Å². The zero-order chi connectivity index (χ0) is 12.3. The van der Waals surface area contributed by atoms with Gasteiger partial charge in [-0.3, -0.25) is 9.89 Å². The fraction of sp³-hybridized carbons (Fsp3) is 0.600. The van der Waals surface area contributed by atoms with Crippen LogP contribution in [0, 0.1) is 0 Å². The fourth-order valence-electron chi connectivity index (χ4n) is 2.00. The summed E-state index contributed by atoms with van der Waals surface area (Å²) in [6, 6.07) is 1.66. The molecule has 0 saturated carbocycles. The van der Waals surface area contributed by atoms with Gasteiger partial charge >= 0.3 is 6.09 Å². The van der Waals surface area contributed by atoms with Gasteiger partial charge in [0.25, 0.3) is 5.56 Å². The van der Waals surface area contributed by atoms with Crippen molar-refractivity contribution in [3.8, 4) is 0 Å². The first-order valence-corrected chi connectivity index (χ1v) is 5.52. The van der Waals surface area contributed by atoms with Gasteiger partial charge in [0.1, 0.15) is 0 Å². The van der Waals surface area contributed by atoms with Crippen molar-refractivity contribution in [2.24, 2.45) is 0 Å². The molecule has 1 unspecified atom stereocenters. The maximum absolute atomic E-state index is 11.4. The molecule has 94 valence electrons. The summed E-state index contributed by atoms with van der Waals surface area (Å²) < 4.78 is 4.69. The van der Waals surface area contributed by atoms with Gasteiger partial charge in [0.15, 0.2) is 0 Å². The number of nitrogens with one attached hydrogen (secondary N) is 3. The van der Waals surface area contributed by atoms with E-state index in [1.54, 1.807) is 4.90 Å². The van der Waals surface area contributed by atoms with Gasteiger partial charge in [0.2, 0.25) is 0 Å². The van der Waals surface area contributed by atoms with Crippen molar-refractivity contribution in [1.29, 1.82) is 0 Å². The molecule has 2 rings (SSSR count). The van der Waals surface area contributed by atoms with Gasteiger partial charge in [0, 0.05) is 43.9 Å². The number of H-pyrrole nitrogens is 2. The van der Waals surface area contributed by atoms with E-state index < -0.39 is 0 Å². The minimum atomic E-state index is -0.306. The van der Waals surface area contributed by atoms with Crippen molar-refractivity contribution in [1.82, 2.24) is 20.4 Å². The Kier molecular flexibility index (Phi) is 3.48. The molecule has 1 atom stereocenters. The molecule has 2 heterocycles. The van der Waals surface area contributed by atoms with E-state index in [1.165, 1.54) is 13.2 Å². The Morgan fingerprint density at radius 2 is 2.41 bits per heavy atom. The van der Waals surface area contributed by atoms with Crippen LogP contribution < -0.4 is 10.9 Å². The lowest BCUT2D eigenvalue weighted by atomic mass is 10.1. The minimum Gasteiger partial charge on any atom is -0.453 e. The van der Waals surface area contributed by atoms with Crippen molar-refractivity contribution >= 4 is 6.09 Å². The molecule has 3 N–H and O–H groups in total. The third-order valence-corrected chi connectivity index (χ3v) is 2.81. The van der Waals surface area contributed by atoms with E-state index in [1.807, 2.05) is 0 Å². The van der Waals surface area contributed by atoms with Crippen LogP contribution >= 0.6 is 0 Å². The number of ether oxygens (including phenoxy) is 1. The quantitative estimate of drug-likeness (QED) is 0.636. The van der Waals surface area contributed by atoms with Crippen LogP contribution in [0.25, 0.3) is 0 Å². The largest absolute Gasteiger partial charge is 0.453 e. The number of hydrogen-bond acceptors (Lipinski definition) is 4. The molecular formula is C10H16N4O3. The third-order valence-electron chi connectivity index (χ3n) is 2.81. The van der Waals surface area contributed by atoms with Crippen LogP contribution in [0.3, 0.4) is 0 Å². The molecule has 0 bridgehead atoms. The minimum absolute atomic E-state index is 0.134. The molecule has 1 fully saturated rings. The van der Waals surface area contributed by atoms with Crippen LogP contribution in [0.2, 0.25) is 0 Å². The predicted molar refractivity (Wildman–Crippen MR) is 60.9 cm³/mol. The Morgan fingerprint density at radius 1 is 1.59 bits per heavy atom. The highest BCUT2D eigenvalue weighted by atomic mass is 16.5. The van der Waals surface area contributed by atoms with Crippen molar-refractivity contribution in [2.75, 3.05) is 26.7 Å². The van der Waals surface area contributed by atoms with E-state index in [2.05, 4.69) is 20.3 Å². The molecule has 1 aromatic rings.